The first-order valence-corrected chi connectivity index (χ1v) is 11.4. The van der Waals surface area contributed by atoms with Gasteiger partial charge >= 0.3 is 17.9 Å². The number of hydrogen-bond acceptors (Lipinski definition) is 8. The molecule has 9 nitrogen and oxygen atoms in total. The Morgan fingerprint density at radius 2 is 1.29 bits per heavy atom. The number of aliphatic hydroxyl groups excluding tert-OH is 1. The number of carbonyl (C=O) groups excluding carboxylic acids is 4. The third kappa shape index (κ3) is 25.3. The molecule has 0 aromatic carbocycles. The van der Waals surface area contributed by atoms with Gasteiger partial charge < -0.3 is 24.6 Å². The van der Waals surface area contributed by atoms with Gasteiger partial charge in [0.25, 0.3) is 0 Å². The van der Waals surface area contributed by atoms with Crippen molar-refractivity contribution < 1.29 is 38.5 Å². The zero-order valence-corrected chi connectivity index (χ0v) is 21.9. The Kier molecular flexibility index (Phi) is 24.9. The van der Waals surface area contributed by atoms with Gasteiger partial charge in [0.2, 0.25) is 5.91 Å². The molecule has 0 fully saturated rings. The normalized spacial score (nSPS) is 10.0. The number of nitrogens with one attached hydrogen (secondary N) is 1. The van der Waals surface area contributed by atoms with E-state index in [1.807, 2.05) is 0 Å². The molecule has 0 aromatic rings. The topological polar surface area (TPSA) is 128 Å². The van der Waals surface area contributed by atoms with Crippen LogP contribution in [0.1, 0.15) is 60.3 Å². The largest absolute Gasteiger partial charge is 0.462 e. The summed E-state index contributed by atoms with van der Waals surface area (Å²) in [5, 5.41) is 10.1. The molecule has 0 aliphatic rings. The number of amides is 1. The highest BCUT2D eigenvalue weighted by atomic mass is 16.6. The minimum Gasteiger partial charge on any atom is -0.462 e. The average Bonchev–Trinajstić information content (AvgIpc) is 2.82. The van der Waals surface area contributed by atoms with E-state index in [9.17, 15) is 19.2 Å². The van der Waals surface area contributed by atoms with Crippen molar-refractivity contribution in [2.75, 3.05) is 26.6 Å². The van der Waals surface area contributed by atoms with Crippen LogP contribution in [0.4, 0.5) is 0 Å². The number of esters is 3. The van der Waals surface area contributed by atoms with Gasteiger partial charge in [-0.1, -0.05) is 59.4 Å². The first-order valence-electron chi connectivity index (χ1n) is 11.4. The standard InChI is InChI=1S/C12H22O2.C10H14O4.C4H7NO2/c1-5-7-8-11(6-2)9-14-12(13)10(3)4;1-7(2)9(11)13-5-6-14-10(12)8(3)4;1-2-4(7)5-3-6/h11H,3,5-9H2,1-2,4H3;1,3,5-6H2,2,4H3;2,6H,1,3H2,(H,5,7). The van der Waals surface area contributed by atoms with Gasteiger partial charge in [-0.2, -0.15) is 0 Å². The molecule has 1 atom stereocenters. The second-order valence-corrected chi connectivity index (χ2v) is 7.53. The van der Waals surface area contributed by atoms with Crippen LogP contribution in [0.5, 0.6) is 0 Å². The van der Waals surface area contributed by atoms with Crippen molar-refractivity contribution in [1.29, 1.82) is 0 Å². The third-order valence-corrected chi connectivity index (χ3v) is 4.03. The zero-order valence-electron chi connectivity index (χ0n) is 21.9. The first kappa shape index (κ1) is 36.4. The fourth-order valence-electron chi connectivity index (χ4n) is 1.88. The molecule has 0 saturated heterocycles. The predicted molar refractivity (Wildman–Crippen MR) is 136 cm³/mol. The highest BCUT2D eigenvalue weighted by molar-refractivity contribution is 5.88. The number of hydrogen-bond donors (Lipinski definition) is 2. The third-order valence-electron chi connectivity index (χ3n) is 4.03. The molecule has 2 N–H and O–H groups in total. The second kappa shape index (κ2) is 23.9. The summed E-state index contributed by atoms with van der Waals surface area (Å²) in [5.74, 6) is -1.09. The molecule has 0 radical (unpaired) electrons. The molecule has 0 aromatic heterocycles. The van der Waals surface area contributed by atoms with Crippen LogP contribution in [0, 0.1) is 5.92 Å². The van der Waals surface area contributed by atoms with Gasteiger partial charge in [-0.15, -0.1) is 0 Å². The number of carbonyl (C=O) groups is 4. The minimum absolute atomic E-state index is 0.0325. The maximum Gasteiger partial charge on any atom is 0.333 e. The Hall–Kier alpha value is -3.20. The van der Waals surface area contributed by atoms with E-state index >= 15 is 0 Å². The first-order chi connectivity index (χ1) is 16.4. The monoisotopic (exact) mass is 497 g/mol. The molecule has 200 valence electrons. The van der Waals surface area contributed by atoms with Gasteiger partial charge in [0.05, 0.1) is 6.61 Å². The van der Waals surface area contributed by atoms with E-state index in [2.05, 4.69) is 55.0 Å². The SMILES string of the molecule is C=C(C)C(=O)OCC(CC)CCCC.C=C(C)C(=O)OCCOC(=O)C(=C)C.C=CC(=O)NCO. The van der Waals surface area contributed by atoms with E-state index in [0.29, 0.717) is 29.2 Å². The number of aliphatic hydroxyl groups is 1. The van der Waals surface area contributed by atoms with Crippen molar-refractivity contribution in [1.82, 2.24) is 5.32 Å². The molecule has 0 saturated carbocycles. The molecule has 0 aliphatic carbocycles. The quantitative estimate of drug-likeness (QED) is 0.122. The lowest BCUT2D eigenvalue weighted by atomic mass is 10.0. The fourth-order valence-corrected chi connectivity index (χ4v) is 1.88. The van der Waals surface area contributed by atoms with Crippen LogP contribution in [0.25, 0.3) is 0 Å². The summed E-state index contributed by atoms with van der Waals surface area (Å²) in [5.41, 5.74) is 1.11. The predicted octanol–water partition coefficient (Wildman–Crippen LogP) is 3.79. The lowest BCUT2D eigenvalue weighted by Crippen LogP contribution is -2.20. The Morgan fingerprint density at radius 1 is 0.857 bits per heavy atom. The summed E-state index contributed by atoms with van der Waals surface area (Å²) < 4.78 is 14.5. The molecular formula is C26H43NO8. The minimum atomic E-state index is -0.489. The number of unbranched alkanes of at least 4 members (excludes halogenated alkanes) is 1. The zero-order chi connectivity index (χ0) is 27.8. The molecule has 0 rings (SSSR count). The van der Waals surface area contributed by atoms with Crippen LogP contribution in [0.3, 0.4) is 0 Å². The van der Waals surface area contributed by atoms with Crippen LogP contribution in [0.15, 0.2) is 49.1 Å². The molecule has 0 aliphatic heterocycles. The Labute approximate surface area is 209 Å². The summed E-state index contributed by atoms with van der Waals surface area (Å²) in [7, 11) is 0. The molecule has 0 heterocycles. The van der Waals surface area contributed by atoms with Crippen molar-refractivity contribution in [3.05, 3.63) is 49.1 Å². The molecule has 0 bridgehead atoms. The van der Waals surface area contributed by atoms with Crippen LogP contribution >= 0.6 is 0 Å². The summed E-state index contributed by atoms with van der Waals surface area (Å²) in [6.45, 7) is 22.9. The van der Waals surface area contributed by atoms with Crippen LogP contribution < -0.4 is 5.32 Å². The van der Waals surface area contributed by atoms with Crippen molar-refractivity contribution in [2.45, 2.75) is 60.3 Å². The Balaban J connectivity index is -0.000000465. The summed E-state index contributed by atoms with van der Waals surface area (Å²) in [4.78, 5) is 42.8. The van der Waals surface area contributed by atoms with E-state index in [0.717, 1.165) is 18.9 Å². The molecule has 1 unspecified atom stereocenters. The maximum atomic E-state index is 11.1. The summed E-state index contributed by atoms with van der Waals surface area (Å²) in [6.07, 6.45) is 5.73. The van der Waals surface area contributed by atoms with E-state index in [1.54, 1.807) is 20.8 Å². The van der Waals surface area contributed by atoms with Gasteiger partial charge in [-0.25, -0.2) is 14.4 Å². The molecular weight excluding hydrogens is 454 g/mol. The maximum absolute atomic E-state index is 11.1. The van der Waals surface area contributed by atoms with E-state index in [1.165, 1.54) is 12.8 Å². The van der Waals surface area contributed by atoms with Crippen LogP contribution in [-0.2, 0) is 33.4 Å². The van der Waals surface area contributed by atoms with Crippen molar-refractivity contribution in [3.63, 3.8) is 0 Å². The summed E-state index contributed by atoms with van der Waals surface area (Å²) in [6, 6.07) is 0. The lowest BCUT2D eigenvalue weighted by molar-refractivity contribution is -0.147. The Morgan fingerprint density at radius 3 is 1.57 bits per heavy atom. The van der Waals surface area contributed by atoms with E-state index < -0.39 is 11.9 Å². The average molecular weight is 498 g/mol. The number of rotatable bonds is 14. The molecule has 9 heteroatoms. The van der Waals surface area contributed by atoms with Gasteiger partial charge in [0, 0.05) is 16.7 Å². The smallest absolute Gasteiger partial charge is 0.333 e. The second-order valence-electron chi connectivity index (χ2n) is 7.53. The van der Waals surface area contributed by atoms with Gasteiger partial charge in [0.1, 0.15) is 19.9 Å². The molecule has 1 amide bonds. The van der Waals surface area contributed by atoms with E-state index in [4.69, 9.17) is 9.84 Å². The van der Waals surface area contributed by atoms with E-state index in [-0.39, 0.29) is 31.8 Å². The van der Waals surface area contributed by atoms with Gasteiger partial charge in [-0.3, -0.25) is 4.79 Å². The number of ether oxygens (including phenoxy) is 3. The van der Waals surface area contributed by atoms with Crippen molar-refractivity contribution >= 4 is 23.8 Å². The summed E-state index contributed by atoms with van der Waals surface area (Å²) >= 11 is 0. The van der Waals surface area contributed by atoms with Gasteiger partial charge in [-0.05, 0) is 39.2 Å². The fraction of sp³-hybridized carbons (Fsp3) is 0.538. The van der Waals surface area contributed by atoms with Crippen LogP contribution in [-0.4, -0.2) is 55.5 Å². The van der Waals surface area contributed by atoms with Crippen LogP contribution in [0.2, 0.25) is 0 Å². The lowest BCUT2D eigenvalue weighted by Gasteiger charge is -2.14. The molecule has 35 heavy (non-hydrogen) atoms. The highest BCUT2D eigenvalue weighted by Crippen LogP contribution is 2.13. The van der Waals surface area contributed by atoms with Crippen molar-refractivity contribution in [3.8, 4) is 0 Å². The molecule has 0 spiro atoms. The van der Waals surface area contributed by atoms with Gasteiger partial charge in [0.15, 0.2) is 0 Å². The van der Waals surface area contributed by atoms with Crippen molar-refractivity contribution in [2.24, 2.45) is 5.92 Å². The highest BCUT2D eigenvalue weighted by Gasteiger charge is 2.10. The Bertz CT molecular complexity index is 684.